The average Bonchev–Trinajstić information content (AvgIpc) is 3.40. The molecule has 0 aliphatic heterocycles. The van der Waals surface area contributed by atoms with Crippen molar-refractivity contribution in [3.05, 3.63) is 40.8 Å². The van der Waals surface area contributed by atoms with Crippen LogP contribution in [0.2, 0.25) is 0 Å². The van der Waals surface area contributed by atoms with Crippen molar-refractivity contribution in [3.63, 3.8) is 0 Å². The van der Waals surface area contributed by atoms with Crippen molar-refractivity contribution in [2.24, 2.45) is 30.7 Å². The number of anilines is 2. The Morgan fingerprint density at radius 1 is 1.26 bits per heavy atom. The van der Waals surface area contributed by atoms with Gasteiger partial charge in [0.2, 0.25) is 5.95 Å². The molecular weight excluding hydrogens is 442 g/mol. The maximum atomic E-state index is 13.1. The number of rotatable bonds is 5. The van der Waals surface area contributed by atoms with E-state index < -0.39 is 0 Å². The highest BCUT2D eigenvalue weighted by Crippen LogP contribution is 2.47. The number of nitrogens with zero attached hydrogens (tertiary/aromatic N) is 8. The van der Waals surface area contributed by atoms with Gasteiger partial charge in [0.1, 0.15) is 11.8 Å². The van der Waals surface area contributed by atoms with Gasteiger partial charge < -0.3 is 5.32 Å². The smallest absolute Gasteiger partial charge is 0.323 e. The van der Waals surface area contributed by atoms with E-state index in [1.165, 1.54) is 32.0 Å². The molecule has 4 heterocycles. The molecule has 1 N–H and O–H groups in total. The van der Waals surface area contributed by atoms with Crippen LogP contribution >= 0.6 is 0 Å². The van der Waals surface area contributed by atoms with E-state index in [1.807, 2.05) is 19.2 Å². The number of aromatic nitrogens is 7. The Bertz CT molecular complexity index is 1510. The van der Waals surface area contributed by atoms with Crippen LogP contribution < -0.4 is 11.0 Å². The minimum Gasteiger partial charge on any atom is -0.323 e. The first kappa shape index (κ1) is 21.8. The lowest BCUT2D eigenvalue weighted by molar-refractivity contribution is 0.0869. The van der Waals surface area contributed by atoms with Crippen LogP contribution in [0, 0.1) is 41.9 Å². The van der Waals surface area contributed by atoms with Gasteiger partial charge in [0.25, 0.3) is 0 Å². The normalized spacial score (nSPS) is 24.0. The van der Waals surface area contributed by atoms with Gasteiger partial charge in [-0.25, -0.2) is 19.3 Å². The van der Waals surface area contributed by atoms with E-state index in [1.54, 1.807) is 26.9 Å². The second-order valence-corrected chi connectivity index (χ2v) is 10.2. The molecule has 4 aromatic rings. The van der Waals surface area contributed by atoms with Gasteiger partial charge in [-0.1, -0.05) is 12.8 Å². The van der Waals surface area contributed by atoms with Crippen LogP contribution in [-0.2, 0) is 13.6 Å². The van der Waals surface area contributed by atoms with Crippen molar-refractivity contribution < 1.29 is 0 Å². The Labute approximate surface area is 202 Å². The van der Waals surface area contributed by atoms with Gasteiger partial charge in [-0.2, -0.15) is 15.3 Å². The topological polar surface area (TPSA) is 119 Å². The van der Waals surface area contributed by atoms with Gasteiger partial charge >= 0.3 is 5.69 Å². The van der Waals surface area contributed by atoms with Gasteiger partial charge in [-0.15, -0.1) is 0 Å². The summed E-state index contributed by atoms with van der Waals surface area (Å²) in [4.78, 5) is 26.5. The lowest BCUT2D eigenvalue weighted by atomic mass is 9.62. The van der Waals surface area contributed by atoms with Crippen LogP contribution in [0.1, 0.15) is 44.1 Å². The summed E-state index contributed by atoms with van der Waals surface area (Å²) >= 11 is 0. The van der Waals surface area contributed by atoms with Gasteiger partial charge in [0.05, 0.1) is 30.1 Å². The third-order valence-electron chi connectivity index (χ3n) is 8.10. The van der Waals surface area contributed by atoms with Crippen molar-refractivity contribution in [3.8, 4) is 6.07 Å². The number of nitrogens with one attached hydrogen (secondary N) is 1. The number of aryl methyl sites for hydroxylation is 3. The predicted molar refractivity (Wildman–Crippen MR) is 131 cm³/mol. The van der Waals surface area contributed by atoms with Crippen LogP contribution in [0.15, 0.2) is 29.6 Å². The van der Waals surface area contributed by atoms with E-state index in [4.69, 9.17) is 4.98 Å². The standard InChI is InChI=1S/C25H29N9O/c1-15-8-22-28-14-29-34(22)13-20(15)30-24-27-12-21-23(31-24)33(25(35)32(21)2)7-6-18-10-16-4-3-5-17(9-16)19(18)11-26/h8,12-14,16-19H,3-7,9-10H2,1-2H3,(H,27,30,31). The third-order valence-corrected chi connectivity index (χ3v) is 8.10. The number of fused-ring (bicyclic) bond motifs is 4. The molecule has 0 amide bonds. The Morgan fingerprint density at radius 3 is 3.00 bits per heavy atom. The molecule has 4 aromatic heterocycles. The quantitative estimate of drug-likeness (QED) is 0.472. The minimum atomic E-state index is -0.101. The fourth-order valence-electron chi connectivity index (χ4n) is 6.28. The number of nitriles is 1. The summed E-state index contributed by atoms with van der Waals surface area (Å²) in [5.74, 6) is 2.10. The molecule has 4 unspecified atom stereocenters. The van der Waals surface area contributed by atoms with E-state index in [9.17, 15) is 10.1 Å². The molecule has 10 heteroatoms. The van der Waals surface area contributed by atoms with E-state index in [2.05, 4.69) is 26.5 Å². The summed E-state index contributed by atoms with van der Waals surface area (Å²) in [5.41, 5.74) is 3.78. The van der Waals surface area contributed by atoms with Crippen LogP contribution in [-0.4, -0.2) is 33.7 Å². The molecule has 2 bridgehead atoms. The van der Waals surface area contributed by atoms with Crippen molar-refractivity contribution in [1.29, 1.82) is 5.26 Å². The van der Waals surface area contributed by atoms with E-state index in [-0.39, 0.29) is 11.6 Å². The maximum Gasteiger partial charge on any atom is 0.330 e. The molecule has 4 atom stereocenters. The molecule has 2 saturated carbocycles. The Balaban J connectivity index is 1.29. The molecule has 0 radical (unpaired) electrons. The van der Waals surface area contributed by atoms with Crippen molar-refractivity contribution in [2.75, 3.05) is 5.32 Å². The maximum absolute atomic E-state index is 13.1. The Kier molecular flexibility index (Phi) is 5.28. The highest BCUT2D eigenvalue weighted by atomic mass is 16.1. The molecule has 0 aromatic carbocycles. The molecule has 180 valence electrons. The Morgan fingerprint density at radius 2 is 2.14 bits per heavy atom. The monoisotopic (exact) mass is 471 g/mol. The predicted octanol–water partition coefficient (Wildman–Crippen LogP) is 3.58. The van der Waals surface area contributed by atoms with Crippen molar-refractivity contribution in [1.82, 2.24) is 33.7 Å². The van der Waals surface area contributed by atoms with E-state index in [0.29, 0.717) is 35.5 Å². The first-order valence-electron chi connectivity index (χ1n) is 12.4. The summed E-state index contributed by atoms with van der Waals surface area (Å²) in [6.07, 6.45) is 11.9. The summed E-state index contributed by atoms with van der Waals surface area (Å²) in [7, 11) is 1.75. The molecule has 2 fully saturated rings. The first-order chi connectivity index (χ1) is 17.0. The molecule has 10 nitrogen and oxygen atoms in total. The van der Waals surface area contributed by atoms with Crippen LogP contribution in [0.3, 0.4) is 0 Å². The van der Waals surface area contributed by atoms with Gasteiger partial charge in [0.15, 0.2) is 11.3 Å². The van der Waals surface area contributed by atoms with Crippen molar-refractivity contribution in [2.45, 2.75) is 52.0 Å². The highest BCUT2D eigenvalue weighted by Gasteiger charge is 2.39. The van der Waals surface area contributed by atoms with Crippen LogP contribution in [0.25, 0.3) is 16.8 Å². The summed E-state index contributed by atoms with van der Waals surface area (Å²) in [5, 5.41) is 17.4. The zero-order chi connectivity index (χ0) is 24.1. The second-order valence-electron chi connectivity index (χ2n) is 10.2. The zero-order valence-electron chi connectivity index (χ0n) is 20.1. The molecule has 6 rings (SSSR count). The second kappa shape index (κ2) is 8.48. The minimum absolute atomic E-state index is 0.0961. The molecule has 2 aliphatic rings. The van der Waals surface area contributed by atoms with Crippen LogP contribution in [0.4, 0.5) is 11.6 Å². The zero-order valence-corrected chi connectivity index (χ0v) is 20.1. The first-order valence-corrected chi connectivity index (χ1v) is 12.4. The average molecular weight is 472 g/mol. The van der Waals surface area contributed by atoms with Gasteiger partial charge in [-0.05, 0) is 62.0 Å². The third kappa shape index (κ3) is 3.75. The molecule has 2 aliphatic carbocycles. The fraction of sp³-hybridized carbons (Fsp3) is 0.520. The SMILES string of the molecule is Cc1cc2ncnn2cc1Nc1ncc2c(n1)n(CCC1CC3CCCC(C3)C1C#N)c(=O)n2C. The molecule has 0 spiro atoms. The lowest BCUT2D eigenvalue weighted by Gasteiger charge is -2.42. The number of hydrogen-bond donors (Lipinski definition) is 1. The van der Waals surface area contributed by atoms with Gasteiger partial charge in [0, 0.05) is 13.6 Å². The highest BCUT2D eigenvalue weighted by molar-refractivity contribution is 5.73. The number of pyridine rings is 1. The summed E-state index contributed by atoms with van der Waals surface area (Å²) in [6.45, 7) is 2.54. The van der Waals surface area contributed by atoms with Gasteiger partial charge in [-0.3, -0.25) is 9.13 Å². The van der Waals surface area contributed by atoms with Crippen molar-refractivity contribution >= 4 is 28.4 Å². The van der Waals surface area contributed by atoms with E-state index in [0.717, 1.165) is 35.7 Å². The number of hydrogen-bond acceptors (Lipinski definition) is 7. The molecular formula is C25H29N9O. The summed E-state index contributed by atoms with van der Waals surface area (Å²) in [6, 6.07) is 4.56. The fourth-order valence-corrected chi connectivity index (χ4v) is 6.28. The Hall–Kier alpha value is -3.74. The summed E-state index contributed by atoms with van der Waals surface area (Å²) < 4.78 is 5.04. The van der Waals surface area contributed by atoms with Crippen LogP contribution in [0.5, 0.6) is 0 Å². The van der Waals surface area contributed by atoms with E-state index >= 15 is 0 Å². The lowest BCUT2D eigenvalue weighted by Crippen LogP contribution is -2.36. The molecule has 0 saturated heterocycles. The molecule has 35 heavy (non-hydrogen) atoms. The largest absolute Gasteiger partial charge is 0.330 e. The number of imidazole rings is 1.